The van der Waals surface area contributed by atoms with Crippen LogP contribution in [0.4, 0.5) is 19.1 Å². The summed E-state index contributed by atoms with van der Waals surface area (Å²) in [5, 5.41) is 33.1. The summed E-state index contributed by atoms with van der Waals surface area (Å²) in [6, 6.07) is 10.5. The van der Waals surface area contributed by atoms with E-state index in [4.69, 9.17) is 11.0 Å². The van der Waals surface area contributed by atoms with Gasteiger partial charge < -0.3 is 10.8 Å². The predicted molar refractivity (Wildman–Crippen MR) is 100 cm³/mol. The number of anilines is 1. The number of nitrogen functional groups attached to an aromatic ring is 1. The molecule has 2 aromatic heterocycles. The van der Waals surface area contributed by atoms with Crippen LogP contribution in [0.2, 0.25) is 0 Å². The van der Waals surface area contributed by atoms with Crippen molar-refractivity contribution in [3.63, 3.8) is 0 Å². The molecule has 0 saturated carbocycles. The van der Waals surface area contributed by atoms with Gasteiger partial charge in [-0.3, -0.25) is 0 Å². The number of aliphatic hydroxyl groups excluding tert-OH is 1. The number of nitrogens with two attached hydrogens (primary N) is 1. The van der Waals surface area contributed by atoms with Gasteiger partial charge in [-0.15, -0.1) is 5.10 Å². The third kappa shape index (κ3) is 3.10. The fourth-order valence-electron chi connectivity index (χ4n) is 3.09. The number of rotatable bonds is 3. The molecule has 11 heteroatoms. The Kier molecular flexibility index (Phi) is 4.73. The van der Waals surface area contributed by atoms with E-state index in [2.05, 4.69) is 15.1 Å². The highest BCUT2D eigenvalue weighted by atomic mass is 19.1. The quantitative estimate of drug-likeness (QED) is 0.519. The summed E-state index contributed by atoms with van der Waals surface area (Å²) in [6.07, 6.45) is -1.91. The van der Waals surface area contributed by atoms with Gasteiger partial charge in [0.15, 0.2) is 11.5 Å². The Labute approximate surface area is 172 Å². The SMILES string of the molecule is N#Cc1cccc(-c2nc(N)n3nc(C(O)c4c(F)cccc4F)nc3c2C#N)c1F. The second kappa shape index (κ2) is 7.40. The molecule has 0 aliphatic heterocycles. The van der Waals surface area contributed by atoms with Gasteiger partial charge >= 0.3 is 0 Å². The molecular formula is C20H10F3N7O. The first-order valence-electron chi connectivity index (χ1n) is 8.64. The van der Waals surface area contributed by atoms with Gasteiger partial charge in [0, 0.05) is 5.56 Å². The third-order valence-corrected chi connectivity index (χ3v) is 4.53. The summed E-state index contributed by atoms with van der Waals surface area (Å²) in [7, 11) is 0. The number of hydrogen-bond donors (Lipinski definition) is 2. The monoisotopic (exact) mass is 421 g/mol. The van der Waals surface area contributed by atoms with Crippen molar-refractivity contribution >= 4 is 11.6 Å². The Morgan fingerprint density at radius 2 is 1.68 bits per heavy atom. The second-order valence-electron chi connectivity index (χ2n) is 6.33. The van der Waals surface area contributed by atoms with E-state index in [1.807, 2.05) is 6.07 Å². The van der Waals surface area contributed by atoms with Crippen LogP contribution >= 0.6 is 0 Å². The minimum atomic E-state index is -1.91. The number of fused-ring (bicyclic) bond motifs is 1. The molecule has 4 rings (SSSR count). The highest BCUT2D eigenvalue weighted by Gasteiger charge is 2.27. The van der Waals surface area contributed by atoms with Gasteiger partial charge in [-0.2, -0.15) is 15.0 Å². The molecule has 0 spiro atoms. The Bertz CT molecular complexity index is 1420. The van der Waals surface area contributed by atoms with Crippen molar-refractivity contribution in [2.45, 2.75) is 6.10 Å². The van der Waals surface area contributed by atoms with E-state index in [9.17, 15) is 23.5 Å². The maximum absolute atomic E-state index is 14.7. The summed E-state index contributed by atoms with van der Waals surface area (Å²) in [5.41, 5.74) is 4.08. The smallest absolute Gasteiger partial charge is 0.223 e. The van der Waals surface area contributed by atoms with Crippen molar-refractivity contribution in [2.75, 3.05) is 5.73 Å². The van der Waals surface area contributed by atoms with Gasteiger partial charge in [0.05, 0.1) is 16.8 Å². The van der Waals surface area contributed by atoms with Crippen LogP contribution in [0, 0.1) is 40.1 Å². The number of hydrogen-bond acceptors (Lipinski definition) is 7. The normalized spacial score (nSPS) is 11.8. The van der Waals surface area contributed by atoms with Crippen molar-refractivity contribution in [3.8, 4) is 23.4 Å². The average molecular weight is 421 g/mol. The van der Waals surface area contributed by atoms with Crippen LogP contribution in [-0.4, -0.2) is 24.7 Å². The summed E-state index contributed by atoms with van der Waals surface area (Å²) in [5.74, 6) is -3.72. The van der Waals surface area contributed by atoms with E-state index >= 15 is 0 Å². The molecule has 0 saturated heterocycles. The van der Waals surface area contributed by atoms with Crippen LogP contribution in [0.5, 0.6) is 0 Å². The molecular weight excluding hydrogens is 411 g/mol. The molecule has 0 fully saturated rings. The molecule has 4 aromatic rings. The first-order valence-corrected chi connectivity index (χ1v) is 8.64. The highest BCUT2D eigenvalue weighted by molar-refractivity contribution is 5.76. The third-order valence-electron chi connectivity index (χ3n) is 4.53. The lowest BCUT2D eigenvalue weighted by atomic mass is 10.0. The Balaban J connectivity index is 1.95. The maximum Gasteiger partial charge on any atom is 0.223 e. The molecule has 1 atom stereocenters. The number of nitrogens with zero attached hydrogens (tertiary/aromatic N) is 6. The van der Waals surface area contributed by atoms with E-state index in [-0.39, 0.29) is 34.0 Å². The molecule has 3 N–H and O–H groups in total. The van der Waals surface area contributed by atoms with Crippen LogP contribution in [-0.2, 0) is 0 Å². The van der Waals surface area contributed by atoms with Gasteiger partial charge in [-0.1, -0.05) is 12.1 Å². The molecule has 1 unspecified atom stereocenters. The molecule has 152 valence electrons. The van der Waals surface area contributed by atoms with Gasteiger partial charge in [-0.25, -0.2) is 23.1 Å². The lowest BCUT2D eigenvalue weighted by Crippen LogP contribution is -2.09. The number of benzene rings is 2. The van der Waals surface area contributed by atoms with Gasteiger partial charge in [-0.05, 0) is 24.3 Å². The average Bonchev–Trinajstić information content (AvgIpc) is 3.20. The zero-order valence-electron chi connectivity index (χ0n) is 15.4. The van der Waals surface area contributed by atoms with E-state index in [1.165, 1.54) is 18.2 Å². The summed E-state index contributed by atoms with van der Waals surface area (Å²) in [6.45, 7) is 0. The number of aliphatic hydroxyl groups is 1. The molecule has 31 heavy (non-hydrogen) atoms. The standard InChI is InChI=1S/C20H10F3N7O/c21-12-5-2-6-13(22)14(12)17(31)18-28-19-11(8-25)16(27-20(26)30(19)29-18)10-4-1-3-9(7-24)15(10)23/h1-6,17,31H,(H2,26,27). The van der Waals surface area contributed by atoms with Crippen LogP contribution < -0.4 is 5.73 Å². The molecule has 2 heterocycles. The van der Waals surface area contributed by atoms with Crippen molar-refractivity contribution < 1.29 is 18.3 Å². The number of nitriles is 2. The van der Waals surface area contributed by atoms with E-state index < -0.39 is 34.9 Å². The van der Waals surface area contributed by atoms with Crippen molar-refractivity contribution in [1.82, 2.24) is 19.6 Å². The predicted octanol–water partition coefficient (Wildman–Crippen LogP) is 2.62. The molecule has 8 nitrogen and oxygen atoms in total. The van der Waals surface area contributed by atoms with Crippen LogP contribution in [0.25, 0.3) is 16.9 Å². The number of halogens is 3. The topological polar surface area (TPSA) is 137 Å². The molecule has 2 aromatic carbocycles. The lowest BCUT2D eigenvalue weighted by molar-refractivity contribution is 0.199. The fraction of sp³-hybridized carbons (Fsp3) is 0.0500. The van der Waals surface area contributed by atoms with Crippen LogP contribution in [0.3, 0.4) is 0 Å². The molecule has 0 bridgehead atoms. The maximum atomic E-state index is 14.7. The van der Waals surface area contributed by atoms with Crippen molar-refractivity contribution in [1.29, 1.82) is 10.5 Å². The zero-order chi connectivity index (χ0) is 22.3. The van der Waals surface area contributed by atoms with Crippen LogP contribution in [0.15, 0.2) is 36.4 Å². The summed E-state index contributed by atoms with van der Waals surface area (Å²) >= 11 is 0. The molecule has 0 aliphatic carbocycles. The highest BCUT2D eigenvalue weighted by Crippen LogP contribution is 2.31. The Morgan fingerprint density at radius 1 is 1.00 bits per heavy atom. The summed E-state index contributed by atoms with van der Waals surface area (Å²) < 4.78 is 43.7. The largest absolute Gasteiger partial charge is 0.380 e. The minimum absolute atomic E-state index is 0.171. The van der Waals surface area contributed by atoms with E-state index in [0.717, 1.165) is 22.7 Å². The van der Waals surface area contributed by atoms with E-state index in [1.54, 1.807) is 6.07 Å². The minimum Gasteiger partial charge on any atom is -0.380 e. The second-order valence-corrected chi connectivity index (χ2v) is 6.33. The summed E-state index contributed by atoms with van der Waals surface area (Å²) in [4.78, 5) is 8.00. The first-order chi connectivity index (χ1) is 14.9. The zero-order valence-corrected chi connectivity index (χ0v) is 15.4. The number of aromatic nitrogens is 4. The molecule has 0 amide bonds. The van der Waals surface area contributed by atoms with E-state index in [0.29, 0.717) is 0 Å². The molecule has 0 radical (unpaired) electrons. The van der Waals surface area contributed by atoms with Crippen molar-refractivity contribution in [3.05, 3.63) is 76.4 Å². The Hall–Kier alpha value is -4.48. The first kappa shape index (κ1) is 19.8. The van der Waals surface area contributed by atoms with Crippen LogP contribution in [0.1, 0.15) is 28.6 Å². The van der Waals surface area contributed by atoms with Gasteiger partial charge in [0.1, 0.15) is 41.3 Å². The van der Waals surface area contributed by atoms with Crippen molar-refractivity contribution in [2.24, 2.45) is 0 Å². The van der Waals surface area contributed by atoms with Gasteiger partial charge in [0.2, 0.25) is 5.95 Å². The van der Waals surface area contributed by atoms with Gasteiger partial charge in [0.25, 0.3) is 0 Å². The Morgan fingerprint density at radius 3 is 2.32 bits per heavy atom. The lowest BCUT2D eigenvalue weighted by Gasteiger charge is -2.08. The fourth-order valence-corrected chi connectivity index (χ4v) is 3.09. The molecule has 0 aliphatic rings.